The molecular weight excluding hydrogens is 584 g/mol. The third-order valence-corrected chi connectivity index (χ3v) is 8.08. The molecule has 0 amide bonds. The van der Waals surface area contributed by atoms with Crippen LogP contribution < -0.4 is 20.7 Å². The number of alkyl halides is 2. The first kappa shape index (κ1) is 30.9. The van der Waals surface area contributed by atoms with E-state index < -0.39 is 49.4 Å². The van der Waals surface area contributed by atoms with E-state index in [1.54, 1.807) is 51.2 Å². The van der Waals surface area contributed by atoms with Crippen LogP contribution in [0.5, 0.6) is 5.75 Å². The Kier molecular flexibility index (Phi) is 9.36. The predicted molar refractivity (Wildman–Crippen MR) is 148 cm³/mol. The zero-order valence-corrected chi connectivity index (χ0v) is 24.4. The fraction of sp³-hybridized carbons (Fsp3) is 0.500. The Morgan fingerprint density at radius 1 is 1.32 bits per heavy atom. The van der Waals surface area contributed by atoms with Gasteiger partial charge in [-0.3, -0.25) is 13.9 Å². The molecular formula is C24H32ClFN7O7P. The number of nitrogen functional groups attached to an aromatic ring is 1. The highest BCUT2D eigenvalue weighted by Gasteiger charge is 2.57. The van der Waals surface area contributed by atoms with Gasteiger partial charge in [0.25, 0.3) is 5.13 Å². The smallest absolute Gasteiger partial charge is 0.459 e. The number of ether oxygens (including phenoxy) is 2. The molecule has 4 rings (SSSR count). The molecule has 0 spiro atoms. The number of imidazole rings is 1. The first-order valence-corrected chi connectivity index (χ1v) is 14.6. The van der Waals surface area contributed by atoms with E-state index in [2.05, 4.69) is 25.4 Å². The van der Waals surface area contributed by atoms with Gasteiger partial charge in [-0.25, -0.2) is 13.9 Å². The van der Waals surface area contributed by atoms with Crippen LogP contribution in [-0.2, 0) is 23.4 Å². The quantitative estimate of drug-likeness (QED) is 0.132. The van der Waals surface area contributed by atoms with Crippen LogP contribution in [0.1, 0.15) is 33.4 Å². The van der Waals surface area contributed by atoms with E-state index in [0.29, 0.717) is 5.82 Å². The van der Waals surface area contributed by atoms with Crippen LogP contribution in [-0.4, -0.2) is 73.7 Å². The summed E-state index contributed by atoms with van der Waals surface area (Å²) in [5.74, 6) is -0.246. The number of benzene rings is 1. The number of anilines is 2. The van der Waals surface area contributed by atoms with Crippen LogP contribution >= 0.6 is 19.3 Å². The predicted octanol–water partition coefficient (Wildman–Crippen LogP) is 3.14. The molecule has 5 N–H and O–H groups in total. The van der Waals surface area contributed by atoms with Crippen molar-refractivity contribution >= 4 is 48.2 Å². The molecule has 224 valence electrons. The zero-order chi connectivity index (χ0) is 29.9. The summed E-state index contributed by atoms with van der Waals surface area (Å²) in [5, 5.41) is 13.3. The highest BCUT2D eigenvalue weighted by molar-refractivity contribution is 7.52. The summed E-state index contributed by atoms with van der Waals surface area (Å²) in [7, 11) is -2.57. The van der Waals surface area contributed by atoms with Gasteiger partial charge in [-0.05, 0) is 32.9 Å². The number of hydrogen-bond acceptors (Lipinski definition) is 12. The maximum Gasteiger partial charge on any atom is 0.459 e. The molecule has 3 heterocycles. The molecule has 0 saturated carbocycles. The van der Waals surface area contributed by atoms with E-state index in [1.807, 2.05) is 0 Å². The molecule has 1 aliphatic rings. The second-order valence-corrected chi connectivity index (χ2v) is 11.8. The van der Waals surface area contributed by atoms with Crippen molar-refractivity contribution in [2.45, 2.75) is 62.9 Å². The Balaban J connectivity index is 1.49. The molecule has 2 aromatic heterocycles. The van der Waals surface area contributed by atoms with Crippen molar-refractivity contribution in [3.63, 3.8) is 0 Å². The summed E-state index contributed by atoms with van der Waals surface area (Å²) in [6, 6.07) is 7.12. The Morgan fingerprint density at radius 3 is 2.68 bits per heavy atom. The average molecular weight is 616 g/mol. The fourth-order valence-electron chi connectivity index (χ4n) is 4.10. The molecule has 3 aromatic rings. The second-order valence-electron chi connectivity index (χ2n) is 9.51. The van der Waals surface area contributed by atoms with Gasteiger partial charge in [0, 0.05) is 13.5 Å². The number of nitrogens with one attached hydrogen (secondary N) is 2. The number of carbonyl (C=O) groups is 1. The third-order valence-electron chi connectivity index (χ3n) is 6.00. The standard InChI is InChI=1S/C24H32ClFN7O7P/c1-13(2)38-21(35)14(3)32-41(36,40-15-8-6-5-7-9-15)37-11-10-16-18(34)24(25,26)22(39-16)33-12-29-17-19(28-4)30-23(27)31-20(17)33/h5-9,12-14,16,18,22,34H,10-11H2,1-4H3,(H,32,36)(H3,27,28,30,31)/t14?,16-,18-,22-,24-,41-/m1/s1. The number of aromatic nitrogens is 4. The minimum absolute atomic E-state index is 0.0979. The topological polar surface area (TPSA) is 185 Å². The van der Waals surface area contributed by atoms with E-state index in [4.69, 9.17) is 35.9 Å². The van der Waals surface area contributed by atoms with Crippen LogP contribution in [0.3, 0.4) is 0 Å². The summed E-state index contributed by atoms with van der Waals surface area (Å²) < 4.78 is 52.6. The molecule has 0 aliphatic carbocycles. The highest BCUT2D eigenvalue weighted by atomic mass is 35.5. The Morgan fingerprint density at radius 2 is 2.02 bits per heavy atom. The maximum atomic E-state index is 15.7. The maximum absolute atomic E-state index is 15.7. The molecule has 17 heteroatoms. The molecule has 0 bridgehead atoms. The van der Waals surface area contributed by atoms with Gasteiger partial charge in [-0.1, -0.05) is 29.8 Å². The number of para-hydroxylation sites is 1. The van der Waals surface area contributed by atoms with E-state index in [1.165, 1.54) is 17.8 Å². The lowest BCUT2D eigenvalue weighted by molar-refractivity contribution is -0.149. The molecule has 0 radical (unpaired) electrons. The van der Waals surface area contributed by atoms with Gasteiger partial charge >= 0.3 is 13.7 Å². The molecule has 1 fully saturated rings. The van der Waals surface area contributed by atoms with Gasteiger partial charge in [-0.15, -0.1) is 0 Å². The minimum atomic E-state index is -4.18. The van der Waals surface area contributed by atoms with Crippen LogP contribution in [0.4, 0.5) is 16.2 Å². The Hall–Kier alpha value is -3.07. The molecule has 14 nitrogen and oxygen atoms in total. The van der Waals surface area contributed by atoms with Gasteiger partial charge in [0.2, 0.25) is 5.95 Å². The van der Waals surface area contributed by atoms with Crippen molar-refractivity contribution in [2.24, 2.45) is 0 Å². The van der Waals surface area contributed by atoms with Crippen LogP contribution in [0.25, 0.3) is 11.2 Å². The van der Waals surface area contributed by atoms with Crippen molar-refractivity contribution in [1.29, 1.82) is 0 Å². The Labute approximate surface area is 240 Å². The van der Waals surface area contributed by atoms with Crippen molar-refractivity contribution in [1.82, 2.24) is 24.6 Å². The summed E-state index contributed by atoms with van der Waals surface area (Å²) in [4.78, 5) is 24.7. The monoisotopic (exact) mass is 615 g/mol. The van der Waals surface area contributed by atoms with E-state index in [-0.39, 0.29) is 35.9 Å². The highest BCUT2D eigenvalue weighted by Crippen LogP contribution is 2.48. The molecule has 6 atom stereocenters. The summed E-state index contributed by atoms with van der Waals surface area (Å²) in [6.45, 7) is 4.46. The first-order chi connectivity index (χ1) is 19.3. The lowest BCUT2D eigenvalue weighted by atomic mass is 10.1. The number of halogens is 2. The van der Waals surface area contributed by atoms with Crippen molar-refractivity contribution in [3.8, 4) is 5.75 Å². The molecule has 1 aliphatic heterocycles. The second kappa shape index (κ2) is 12.4. The number of aliphatic hydroxyl groups excluding tert-OH is 1. The van der Waals surface area contributed by atoms with E-state index >= 15 is 4.39 Å². The molecule has 41 heavy (non-hydrogen) atoms. The van der Waals surface area contributed by atoms with Gasteiger partial charge < -0.3 is 30.2 Å². The van der Waals surface area contributed by atoms with E-state index in [9.17, 15) is 14.5 Å². The number of hydrogen-bond donors (Lipinski definition) is 4. The van der Waals surface area contributed by atoms with E-state index in [0.717, 1.165) is 0 Å². The SMILES string of the molecule is CNc1nc(N)nc2c1ncn2[C@@H]1O[C@H](CCO[P@](=O)(NC(C)C(=O)OC(C)C)Oc2ccccc2)[C@@H](O)[C@]1(F)Cl. The first-order valence-electron chi connectivity index (χ1n) is 12.7. The number of carbonyl (C=O) groups excluding carboxylic acids is 1. The van der Waals surface area contributed by atoms with Crippen LogP contribution in [0.2, 0.25) is 0 Å². The summed E-state index contributed by atoms with van der Waals surface area (Å²) >= 11 is 6.14. The fourth-order valence-corrected chi connectivity index (χ4v) is 5.91. The number of fused-ring (bicyclic) bond motifs is 1. The summed E-state index contributed by atoms with van der Waals surface area (Å²) in [6.07, 6.45) is -3.87. The third kappa shape index (κ3) is 6.88. The number of nitrogens with two attached hydrogens (primary N) is 1. The van der Waals surface area contributed by atoms with Gasteiger partial charge in [-0.2, -0.15) is 15.1 Å². The zero-order valence-electron chi connectivity index (χ0n) is 22.7. The number of esters is 1. The number of nitrogens with zero attached hydrogens (tertiary/aromatic N) is 4. The molecule has 1 unspecified atom stereocenters. The van der Waals surface area contributed by atoms with Crippen LogP contribution in [0.15, 0.2) is 36.7 Å². The minimum Gasteiger partial charge on any atom is -0.462 e. The Bertz CT molecular complexity index is 1410. The lowest BCUT2D eigenvalue weighted by Crippen LogP contribution is -2.38. The molecule has 1 saturated heterocycles. The number of aliphatic hydroxyl groups is 1. The van der Waals surface area contributed by atoms with Gasteiger partial charge in [0.15, 0.2) is 23.2 Å². The van der Waals surface area contributed by atoms with Gasteiger partial charge in [0.05, 0.1) is 25.1 Å². The van der Waals surface area contributed by atoms with Crippen LogP contribution in [0, 0.1) is 0 Å². The summed E-state index contributed by atoms with van der Waals surface area (Å²) in [5.41, 5.74) is 6.19. The lowest BCUT2D eigenvalue weighted by Gasteiger charge is -2.24. The van der Waals surface area contributed by atoms with Gasteiger partial charge in [0.1, 0.15) is 17.9 Å². The average Bonchev–Trinajstić information content (AvgIpc) is 3.41. The molecule has 1 aromatic carbocycles. The van der Waals surface area contributed by atoms with Crippen molar-refractivity contribution in [3.05, 3.63) is 36.7 Å². The van der Waals surface area contributed by atoms with Crippen molar-refractivity contribution < 1.29 is 37.4 Å². The number of rotatable bonds is 12. The van der Waals surface area contributed by atoms with Crippen molar-refractivity contribution in [2.75, 3.05) is 24.7 Å². The largest absolute Gasteiger partial charge is 0.462 e. The normalized spacial score (nSPS) is 24.7.